The zero-order valence-corrected chi connectivity index (χ0v) is 16.5. The van der Waals surface area contributed by atoms with Gasteiger partial charge in [0.1, 0.15) is 16.0 Å². The lowest BCUT2D eigenvalue weighted by Crippen LogP contribution is -2.23. The molecule has 0 bridgehead atoms. The summed E-state index contributed by atoms with van der Waals surface area (Å²) in [6.07, 6.45) is 1.83. The number of anilines is 1. The number of rotatable bonds is 6. The van der Waals surface area contributed by atoms with E-state index >= 15 is 0 Å². The summed E-state index contributed by atoms with van der Waals surface area (Å²) in [5, 5.41) is 4.99. The molecule has 2 N–H and O–H groups in total. The van der Waals surface area contributed by atoms with Gasteiger partial charge in [-0.25, -0.2) is 9.97 Å². The molecule has 0 aliphatic heterocycles. The van der Waals surface area contributed by atoms with E-state index in [1.165, 1.54) is 17.7 Å². The van der Waals surface area contributed by atoms with Crippen LogP contribution in [0.1, 0.15) is 12.2 Å². The first-order valence-electron chi connectivity index (χ1n) is 9.36. The summed E-state index contributed by atoms with van der Waals surface area (Å²) in [7, 11) is 0. The Morgan fingerprint density at radius 3 is 2.87 bits per heavy atom. The monoisotopic (exact) mass is 421 g/mol. The summed E-state index contributed by atoms with van der Waals surface area (Å²) >= 11 is 1.39. The van der Waals surface area contributed by atoms with Crippen molar-refractivity contribution in [2.75, 3.05) is 11.9 Å². The van der Waals surface area contributed by atoms with Gasteiger partial charge in [0, 0.05) is 13.0 Å². The molecule has 1 aromatic carbocycles. The van der Waals surface area contributed by atoms with Crippen molar-refractivity contribution in [1.29, 1.82) is 0 Å². The Balaban J connectivity index is 1.40. The third kappa shape index (κ3) is 3.30. The largest absolute Gasteiger partial charge is 0.368 e. The number of thiophene rings is 1. The topological polar surface area (TPSA) is 101 Å². The lowest BCUT2D eigenvalue weighted by atomic mass is 10.2. The number of nitrogens with zero attached hydrogens (tertiary/aromatic N) is 5. The Labute approximate surface area is 173 Å². The fraction of sp³-hybridized carbons (Fsp3) is 0.150. The molecule has 4 aromatic heterocycles. The zero-order valence-electron chi connectivity index (χ0n) is 15.7. The van der Waals surface area contributed by atoms with Crippen LogP contribution in [0.25, 0.3) is 27.1 Å². The SMILES string of the molecule is O=c1c2sccc2nc(CCCNc2nc(F)nc3nc[nH]c23)n1-c1ccccc1. The maximum atomic E-state index is 13.6. The molecular formula is C20H16FN7OS. The molecule has 8 nitrogen and oxygen atoms in total. The number of para-hydroxylation sites is 1. The van der Waals surface area contributed by atoms with Gasteiger partial charge < -0.3 is 10.3 Å². The third-order valence-corrected chi connectivity index (χ3v) is 5.58. The molecule has 30 heavy (non-hydrogen) atoms. The molecule has 0 saturated heterocycles. The first-order chi connectivity index (χ1) is 14.7. The van der Waals surface area contributed by atoms with Crippen LogP contribution >= 0.6 is 11.3 Å². The second-order valence-electron chi connectivity index (χ2n) is 6.61. The molecule has 5 rings (SSSR count). The molecule has 0 atom stereocenters. The highest BCUT2D eigenvalue weighted by atomic mass is 32.1. The maximum absolute atomic E-state index is 13.6. The van der Waals surface area contributed by atoms with Gasteiger partial charge in [0.2, 0.25) is 0 Å². The second-order valence-corrected chi connectivity index (χ2v) is 7.53. The van der Waals surface area contributed by atoms with E-state index in [4.69, 9.17) is 4.98 Å². The van der Waals surface area contributed by atoms with Crippen molar-refractivity contribution in [3.8, 4) is 5.69 Å². The van der Waals surface area contributed by atoms with E-state index in [-0.39, 0.29) is 11.2 Å². The average molecular weight is 421 g/mol. The highest BCUT2D eigenvalue weighted by Crippen LogP contribution is 2.19. The molecule has 0 aliphatic rings. The third-order valence-electron chi connectivity index (χ3n) is 4.69. The minimum Gasteiger partial charge on any atom is -0.368 e. The van der Waals surface area contributed by atoms with Crippen LogP contribution in [0.3, 0.4) is 0 Å². The Bertz CT molecular complexity index is 1390. The van der Waals surface area contributed by atoms with Crippen molar-refractivity contribution in [3.63, 3.8) is 0 Å². The number of hydrogen-bond donors (Lipinski definition) is 2. The molecule has 0 fully saturated rings. The number of imidazole rings is 1. The van der Waals surface area contributed by atoms with Crippen LogP contribution in [0, 0.1) is 6.08 Å². The van der Waals surface area contributed by atoms with Crippen molar-refractivity contribution >= 4 is 38.5 Å². The molecule has 10 heteroatoms. The number of fused-ring (bicyclic) bond motifs is 2. The Morgan fingerprint density at radius 2 is 2.00 bits per heavy atom. The van der Waals surface area contributed by atoms with Gasteiger partial charge in [-0.3, -0.25) is 9.36 Å². The van der Waals surface area contributed by atoms with Gasteiger partial charge >= 0.3 is 6.08 Å². The van der Waals surface area contributed by atoms with Gasteiger partial charge in [-0.1, -0.05) is 18.2 Å². The van der Waals surface area contributed by atoms with Gasteiger partial charge in [-0.15, -0.1) is 11.3 Å². The number of benzene rings is 1. The molecule has 0 spiro atoms. The quantitative estimate of drug-likeness (QED) is 0.322. The van der Waals surface area contributed by atoms with Crippen LogP contribution in [-0.2, 0) is 6.42 Å². The number of nitrogens with one attached hydrogen (secondary N) is 2. The van der Waals surface area contributed by atoms with E-state index in [9.17, 15) is 9.18 Å². The van der Waals surface area contributed by atoms with Crippen LogP contribution in [0.2, 0.25) is 0 Å². The van der Waals surface area contributed by atoms with Crippen LogP contribution in [0.15, 0.2) is 52.9 Å². The first-order valence-corrected chi connectivity index (χ1v) is 10.2. The molecule has 0 unspecified atom stereocenters. The number of halogens is 1. The number of H-pyrrole nitrogens is 1. The van der Waals surface area contributed by atoms with Crippen molar-refractivity contribution in [2.45, 2.75) is 12.8 Å². The molecular weight excluding hydrogens is 405 g/mol. The van der Waals surface area contributed by atoms with E-state index in [0.717, 1.165) is 5.69 Å². The van der Waals surface area contributed by atoms with Crippen molar-refractivity contribution in [1.82, 2.24) is 29.5 Å². The average Bonchev–Trinajstić information content (AvgIpc) is 3.41. The van der Waals surface area contributed by atoms with Crippen molar-refractivity contribution in [2.24, 2.45) is 0 Å². The van der Waals surface area contributed by atoms with Gasteiger partial charge in [0.25, 0.3) is 5.56 Å². The number of aromatic amines is 1. The maximum Gasteiger partial charge on any atom is 0.312 e. The normalized spacial score (nSPS) is 11.4. The van der Waals surface area contributed by atoms with Crippen LogP contribution in [0.4, 0.5) is 10.2 Å². The number of aromatic nitrogens is 6. The zero-order chi connectivity index (χ0) is 20.5. The molecule has 0 aliphatic carbocycles. The Morgan fingerprint density at radius 1 is 1.13 bits per heavy atom. The minimum atomic E-state index is -0.834. The van der Waals surface area contributed by atoms with Gasteiger partial charge in [-0.05, 0) is 30.0 Å². The summed E-state index contributed by atoms with van der Waals surface area (Å²) in [4.78, 5) is 32.1. The van der Waals surface area contributed by atoms with Crippen LogP contribution in [0.5, 0.6) is 0 Å². The van der Waals surface area contributed by atoms with E-state index < -0.39 is 6.08 Å². The molecule has 150 valence electrons. The predicted octanol–water partition coefficient (Wildman–Crippen LogP) is 3.30. The van der Waals surface area contributed by atoms with Gasteiger partial charge in [0.15, 0.2) is 11.5 Å². The Kier molecular flexibility index (Phi) is 4.68. The van der Waals surface area contributed by atoms with E-state index in [1.54, 1.807) is 4.57 Å². The summed E-state index contributed by atoms with van der Waals surface area (Å²) < 4.78 is 15.9. The van der Waals surface area contributed by atoms with Crippen LogP contribution < -0.4 is 10.9 Å². The summed E-state index contributed by atoms with van der Waals surface area (Å²) in [5.41, 5.74) is 2.24. The Hall–Kier alpha value is -3.66. The molecule has 4 heterocycles. The van der Waals surface area contributed by atoms with Crippen LogP contribution in [-0.4, -0.2) is 36.0 Å². The number of aryl methyl sites for hydroxylation is 1. The van der Waals surface area contributed by atoms with Gasteiger partial charge in [0.05, 0.1) is 17.5 Å². The lowest BCUT2D eigenvalue weighted by molar-refractivity contribution is 0.545. The van der Waals surface area contributed by atoms with E-state index in [0.29, 0.717) is 46.8 Å². The molecule has 0 radical (unpaired) electrons. The van der Waals surface area contributed by atoms with Crippen molar-refractivity contribution in [3.05, 3.63) is 70.4 Å². The number of hydrogen-bond acceptors (Lipinski definition) is 7. The summed E-state index contributed by atoms with van der Waals surface area (Å²) in [5.74, 6) is 1.04. The highest BCUT2D eigenvalue weighted by molar-refractivity contribution is 7.17. The smallest absolute Gasteiger partial charge is 0.312 e. The van der Waals surface area contributed by atoms with Crippen molar-refractivity contribution < 1.29 is 4.39 Å². The second kappa shape index (κ2) is 7.64. The molecule has 0 amide bonds. The lowest BCUT2D eigenvalue weighted by Gasteiger charge is -2.13. The highest BCUT2D eigenvalue weighted by Gasteiger charge is 2.14. The summed E-state index contributed by atoms with van der Waals surface area (Å²) in [6, 6.07) is 11.3. The fourth-order valence-electron chi connectivity index (χ4n) is 3.36. The molecule has 5 aromatic rings. The standard InChI is InChI=1S/C20H16FN7OS/c21-20-26-17(15-18(27-20)24-11-23-15)22-9-4-7-14-25-13-8-10-30-16(13)19(29)28(14)12-5-2-1-3-6-12/h1-3,5-6,8,10-11H,4,7,9H2,(H2,22,23,24,26,27). The fourth-order valence-corrected chi connectivity index (χ4v) is 4.12. The minimum absolute atomic E-state index is 0.0683. The van der Waals surface area contributed by atoms with E-state index in [1.807, 2.05) is 41.8 Å². The molecule has 0 saturated carbocycles. The van der Waals surface area contributed by atoms with Gasteiger partial charge in [-0.2, -0.15) is 14.4 Å². The van der Waals surface area contributed by atoms with E-state index in [2.05, 4.69) is 25.3 Å². The predicted molar refractivity (Wildman–Crippen MR) is 114 cm³/mol. The summed E-state index contributed by atoms with van der Waals surface area (Å²) in [6.45, 7) is 0.511. The first kappa shape index (κ1) is 18.4.